The second-order valence-corrected chi connectivity index (χ2v) is 5.15. The maximum absolute atomic E-state index is 12.2. The van der Waals surface area contributed by atoms with Crippen LogP contribution in [0.15, 0.2) is 60.7 Å². The van der Waals surface area contributed by atoms with E-state index in [-0.39, 0.29) is 18.0 Å². The molecule has 0 radical (unpaired) electrons. The summed E-state index contributed by atoms with van der Waals surface area (Å²) in [6.45, 7) is 0.792. The lowest BCUT2D eigenvalue weighted by molar-refractivity contribution is -0.125. The summed E-state index contributed by atoms with van der Waals surface area (Å²) in [7, 11) is 0. The fourth-order valence-corrected chi connectivity index (χ4v) is 2.62. The number of hydrogen-bond acceptors (Lipinski definition) is 2. The quantitative estimate of drug-likeness (QED) is 0.893. The minimum Gasteiger partial charge on any atom is -0.350 e. The monoisotopic (exact) mass is 266 g/mol. The average Bonchev–Trinajstić information content (AvgIpc) is 2.49. The molecule has 1 heterocycles. The highest BCUT2D eigenvalue weighted by atomic mass is 16.2. The van der Waals surface area contributed by atoms with E-state index in [2.05, 4.69) is 22.8 Å². The van der Waals surface area contributed by atoms with E-state index in [0.717, 1.165) is 18.5 Å². The molecule has 2 aromatic carbocycles. The number of nitrogens with one attached hydrogen (secondary N) is 2. The summed E-state index contributed by atoms with van der Waals surface area (Å²) < 4.78 is 0. The molecule has 0 aliphatic carbocycles. The molecule has 0 saturated carbocycles. The Kier molecular flexibility index (Phi) is 3.79. The summed E-state index contributed by atoms with van der Waals surface area (Å²) in [5.74, 6) is 0.0587. The molecule has 0 bridgehead atoms. The summed E-state index contributed by atoms with van der Waals surface area (Å²) in [5, 5.41) is 6.46. The van der Waals surface area contributed by atoms with E-state index in [1.54, 1.807) is 0 Å². The van der Waals surface area contributed by atoms with Gasteiger partial charge in [0.2, 0.25) is 5.91 Å². The molecule has 1 saturated heterocycles. The molecule has 1 unspecified atom stereocenters. The maximum atomic E-state index is 12.2. The number of rotatable bonds is 3. The van der Waals surface area contributed by atoms with Crippen LogP contribution in [0.25, 0.3) is 0 Å². The zero-order valence-electron chi connectivity index (χ0n) is 11.3. The molecule has 2 aromatic rings. The molecule has 3 rings (SSSR count). The van der Waals surface area contributed by atoms with E-state index in [0.29, 0.717) is 0 Å². The highest BCUT2D eigenvalue weighted by Gasteiger charge is 2.28. The Hall–Kier alpha value is -2.13. The predicted molar refractivity (Wildman–Crippen MR) is 79.3 cm³/mol. The van der Waals surface area contributed by atoms with Gasteiger partial charge >= 0.3 is 0 Å². The van der Waals surface area contributed by atoms with Crippen molar-refractivity contribution in [3.05, 3.63) is 71.8 Å². The Balaban J connectivity index is 1.64. The number of piperazine rings is 1. The van der Waals surface area contributed by atoms with Gasteiger partial charge < -0.3 is 10.6 Å². The van der Waals surface area contributed by atoms with Gasteiger partial charge in [0, 0.05) is 12.6 Å². The van der Waals surface area contributed by atoms with Gasteiger partial charge in [0.05, 0.1) is 0 Å². The summed E-state index contributed by atoms with van der Waals surface area (Å²) in [4.78, 5) is 12.2. The number of hydrogen-bond donors (Lipinski definition) is 2. The fraction of sp³-hybridized carbons (Fsp3) is 0.235. The lowest BCUT2D eigenvalue weighted by Gasteiger charge is -2.30. The Morgan fingerprint density at radius 1 is 0.950 bits per heavy atom. The fourth-order valence-electron chi connectivity index (χ4n) is 2.62. The topological polar surface area (TPSA) is 41.1 Å². The van der Waals surface area contributed by atoms with Crippen LogP contribution in [0.4, 0.5) is 0 Å². The number of benzene rings is 2. The second-order valence-electron chi connectivity index (χ2n) is 5.15. The van der Waals surface area contributed by atoms with Gasteiger partial charge in [0.25, 0.3) is 0 Å². The number of carbonyl (C=O) groups excluding carboxylic acids is 1. The van der Waals surface area contributed by atoms with E-state index in [4.69, 9.17) is 0 Å². The van der Waals surface area contributed by atoms with Gasteiger partial charge in [0.1, 0.15) is 6.04 Å². The van der Waals surface area contributed by atoms with Crippen molar-refractivity contribution in [2.24, 2.45) is 0 Å². The molecular weight excluding hydrogens is 248 g/mol. The van der Waals surface area contributed by atoms with Crippen molar-refractivity contribution >= 4 is 5.91 Å². The molecule has 3 heteroatoms. The zero-order chi connectivity index (χ0) is 13.8. The van der Waals surface area contributed by atoms with Crippen molar-refractivity contribution in [2.75, 3.05) is 6.54 Å². The molecule has 1 amide bonds. The molecule has 102 valence electrons. The van der Waals surface area contributed by atoms with Crippen molar-refractivity contribution in [1.82, 2.24) is 10.6 Å². The molecular formula is C17H18N2O. The zero-order valence-corrected chi connectivity index (χ0v) is 11.3. The van der Waals surface area contributed by atoms with Crippen LogP contribution in [0.1, 0.15) is 17.2 Å². The largest absolute Gasteiger partial charge is 0.350 e. The summed E-state index contributed by atoms with van der Waals surface area (Å²) in [6.07, 6.45) is 0.862. The molecule has 2 atom stereocenters. The van der Waals surface area contributed by atoms with Crippen LogP contribution in [-0.2, 0) is 11.2 Å². The van der Waals surface area contributed by atoms with Gasteiger partial charge in [0.15, 0.2) is 0 Å². The van der Waals surface area contributed by atoms with Crippen molar-refractivity contribution in [3.8, 4) is 0 Å². The molecule has 20 heavy (non-hydrogen) atoms. The van der Waals surface area contributed by atoms with Crippen molar-refractivity contribution < 1.29 is 4.79 Å². The first kappa shape index (κ1) is 12.9. The highest BCUT2D eigenvalue weighted by Crippen LogP contribution is 2.16. The molecule has 1 aliphatic heterocycles. The maximum Gasteiger partial charge on any atom is 0.242 e. The third-order valence-electron chi connectivity index (χ3n) is 3.63. The Labute approximate surface area is 119 Å². The predicted octanol–water partition coefficient (Wildman–Crippen LogP) is 2.06. The lowest BCUT2D eigenvalue weighted by atomic mass is 9.99. The van der Waals surface area contributed by atoms with E-state index in [9.17, 15) is 4.79 Å². The Bertz CT molecular complexity index is 568. The first-order chi connectivity index (χ1) is 9.83. The van der Waals surface area contributed by atoms with Gasteiger partial charge in [-0.05, 0) is 17.5 Å². The van der Waals surface area contributed by atoms with Crippen LogP contribution < -0.4 is 10.6 Å². The lowest BCUT2D eigenvalue weighted by Crippen LogP contribution is -2.54. The number of amides is 1. The summed E-state index contributed by atoms with van der Waals surface area (Å²) in [6, 6.07) is 20.0. The van der Waals surface area contributed by atoms with Crippen LogP contribution in [0.5, 0.6) is 0 Å². The smallest absolute Gasteiger partial charge is 0.242 e. The summed E-state index contributed by atoms with van der Waals surface area (Å²) in [5.41, 5.74) is 2.26. The third-order valence-corrected chi connectivity index (χ3v) is 3.63. The standard InChI is InChI=1S/C17H18N2O/c20-17-16(14-9-5-2-6-10-14)18-12-15(19-17)11-13-7-3-1-4-8-13/h1-10,15-16,18H,11-12H2,(H,19,20)/t15-,16?/m1/s1. The van der Waals surface area contributed by atoms with Crippen LogP contribution in [0.2, 0.25) is 0 Å². The van der Waals surface area contributed by atoms with Gasteiger partial charge in [-0.15, -0.1) is 0 Å². The normalized spacial score (nSPS) is 22.3. The third kappa shape index (κ3) is 2.89. The van der Waals surface area contributed by atoms with Gasteiger partial charge in [-0.3, -0.25) is 4.79 Å². The minimum atomic E-state index is -0.233. The second kappa shape index (κ2) is 5.88. The van der Waals surface area contributed by atoms with Crippen LogP contribution in [-0.4, -0.2) is 18.5 Å². The SMILES string of the molecule is O=C1N[C@H](Cc2ccccc2)CNC1c1ccccc1. The van der Waals surface area contributed by atoms with Crippen LogP contribution >= 0.6 is 0 Å². The Morgan fingerprint density at radius 3 is 2.25 bits per heavy atom. The van der Waals surface area contributed by atoms with Crippen molar-refractivity contribution in [2.45, 2.75) is 18.5 Å². The average molecular weight is 266 g/mol. The highest BCUT2D eigenvalue weighted by molar-refractivity contribution is 5.84. The van der Waals surface area contributed by atoms with E-state index in [1.165, 1.54) is 5.56 Å². The van der Waals surface area contributed by atoms with E-state index < -0.39 is 0 Å². The molecule has 1 aliphatic rings. The van der Waals surface area contributed by atoms with Crippen LogP contribution in [0.3, 0.4) is 0 Å². The molecule has 2 N–H and O–H groups in total. The van der Waals surface area contributed by atoms with Crippen molar-refractivity contribution in [1.29, 1.82) is 0 Å². The minimum absolute atomic E-state index is 0.0587. The summed E-state index contributed by atoms with van der Waals surface area (Å²) >= 11 is 0. The van der Waals surface area contributed by atoms with Gasteiger partial charge in [-0.2, -0.15) is 0 Å². The first-order valence-corrected chi connectivity index (χ1v) is 6.95. The Morgan fingerprint density at radius 2 is 1.60 bits per heavy atom. The van der Waals surface area contributed by atoms with Gasteiger partial charge in [-0.1, -0.05) is 60.7 Å². The molecule has 1 fully saturated rings. The first-order valence-electron chi connectivity index (χ1n) is 6.95. The van der Waals surface area contributed by atoms with Gasteiger partial charge in [-0.25, -0.2) is 0 Å². The number of carbonyl (C=O) groups is 1. The molecule has 0 spiro atoms. The van der Waals surface area contributed by atoms with E-state index in [1.807, 2.05) is 48.5 Å². The van der Waals surface area contributed by atoms with Crippen molar-refractivity contribution in [3.63, 3.8) is 0 Å². The molecule has 0 aromatic heterocycles. The van der Waals surface area contributed by atoms with E-state index >= 15 is 0 Å². The van der Waals surface area contributed by atoms with Crippen LogP contribution in [0, 0.1) is 0 Å². The molecule has 3 nitrogen and oxygen atoms in total.